The molecule has 1 atom stereocenters. The van der Waals surface area contributed by atoms with E-state index in [0.717, 1.165) is 23.1 Å². The molecule has 0 aromatic heterocycles. The largest absolute Gasteiger partial charge is 0.507 e. The van der Waals surface area contributed by atoms with Crippen molar-refractivity contribution in [3.8, 4) is 5.75 Å². The number of benzene rings is 2. The third-order valence-corrected chi connectivity index (χ3v) is 3.55. The lowest BCUT2D eigenvalue weighted by molar-refractivity contribution is 0.112. The Morgan fingerprint density at radius 2 is 1.84 bits per heavy atom. The number of carbonyl (C=O) groups excluding carboxylic acids is 1. The number of hydrogen-bond donors (Lipinski definition) is 1. The van der Waals surface area contributed by atoms with Crippen LogP contribution in [0.4, 0.5) is 0 Å². The van der Waals surface area contributed by atoms with E-state index in [4.69, 9.17) is 0 Å². The highest BCUT2D eigenvalue weighted by Gasteiger charge is 2.20. The molecular formula is C17H18O2. The van der Waals surface area contributed by atoms with E-state index < -0.39 is 0 Å². The Labute approximate surface area is 113 Å². The lowest BCUT2D eigenvalue weighted by Gasteiger charge is -2.20. The molecule has 0 saturated heterocycles. The molecule has 0 aliphatic heterocycles. The second kappa shape index (κ2) is 5.70. The summed E-state index contributed by atoms with van der Waals surface area (Å²) in [6, 6.07) is 13.6. The Bertz CT molecular complexity index is 573. The van der Waals surface area contributed by atoms with Gasteiger partial charge in [-0.3, -0.25) is 4.79 Å². The molecular weight excluding hydrogens is 236 g/mol. The first-order valence-corrected chi connectivity index (χ1v) is 6.51. The number of aryl methyl sites for hydroxylation is 1. The molecule has 0 fully saturated rings. The smallest absolute Gasteiger partial charge is 0.153 e. The molecule has 2 nitrogen and oxygen atoms in total. The predicted molar refractivity (Wildman–Crippen MR) is 76.8 cm³/mol. The van der Waals surface area contributed by atoms with E-state index >= 15 is 0 Å². The van der Waals surface area contributed by atoms with Gasteiger partial charge in [-0.15, -0.1) is 0 Å². The average molecular weight is 254 g/mol. The molecule has 0 spiro atoms. The SMILES string of the molecule is CCC(c1ccccc1)c1c(C)ccc(C=O)c1O. The normalized spacial score (nSPS) is 12.1. The average Bonchev–Trinajstić information content (AvgIpc) is 2.44. The van der Waals surface area contributed by atoms with Crippen LogP contribution in [0, 0.1) is 6.92 Å². The fourth-order valence-electron chi connectivity index (χ4n) is 2.55. The predicted octanol–water partition coefficient (Wildman–Crippen LogP) is 4.06. The summed E-state index contributed by atoms with van der Waals surface area (Å²) in [6.07, 6.45) is 1.58. The summed E-state index contributed by atoms with van der Waals surface area (Å²) in [5.41, 5.74) is 3.39. The van der Waals surface area contributed by atoms with Gasteiger partial charge in [0.1, 0.15) is 5.75 Å². The summed E-state index contributed by atoms with van der Waals surface area (Å²) in [5.74, 6) is 0.229. The topological polar surface area (TPSA) is 37.3 Å². The van der Waals surface area contributed by atoms with Crippen LogP contribution in [0.3, 0.4) is 0 Å². The highest BCUT2D eigenvalue weighted by atomic mass is 16.3. The first-order valence-electron chi connectivity index (χ1n) is 6.51. The molecule has 1 N–H and O–H groups in total. The van der Waals surface area contributed by atoms with Gasteiger partial charge in [-0.25, -0.2) is 0 Å². The van der Waals surface area contributed by atoms with E-state index in [1.807, 2.05) is 31.2 Å². The highest BCUT2D eigenvalue weighted by molar-refractivity contribution is 5.80. The number of aromatic hydroxyl groups is 1. The molecule has 0 aliphatic carbocycles. The molecule has 2 rings (SSSR count). The number of aldehydes is 1. The number of rotatable bonds is 4. The van der Waals surface area contributed by atoms with E-state index in [2.05, 4.69) is 19.1 Å². The molecule has 0 radical (unpaired) electrons. The quantitative estimate of drug-likeness (QED) is 0.835. The zero-order valence-electron chi connectivity index (χ0n) is 11.3. The minimum absolute atomic E-state index is 0.112. The van der Waals surface area contributed by atoms with E-state index in [-0.39, 0.29) is 11.7 Å². The summed E-state index contributed by atoms with van der Waals surface area (Å²) in [7, 11) is 0. The van der Waals surface area contributed by atoms with Gasteiger partial charge in [0, 0.05) is 11.5 Å². The van der Waals surface area contributed by atoms with Crippen molar-refractivity contribution in [1.82, 2.24) is 0 Å². The van der Waals surface area contributed by atoms with Crippen LogP contribution in [-0.4, -0.2) is 11.4 Å². The van der Waals surface area contributed by atoms with Gasteiger partial charge < -0.3 is 5.11 Å². The lowest BCUT2D eigenvalue weighted by Crippen LogP contribution is -2.04. The number of carbonyl (C=O) groups is 1. The van der Waals surface area contributed by atoms with Crippen LogP contribution in [0.15, 0.2) is 42.5 Å². The third kappa shape index (κ3) is 2.53. The van der Waals surface area contributed by atoms with E-state index in [9.17, 15) is 9.90 Å². The van der Waals surface area contributed by atoms with Crippen molar-refractivity contribution >= 4 is 6.29 Å². The monoisotopic (exact) mass is 254 g/mol. The summed E-state index contributed by atoms with van der Waals surface area (Å²) in [6.45, 7) is 4.05. The van der Waals surface area contributed by atoms with E-state index in [1.165, 1.54) is 0 Å². The Hall–Kier alpha value is -2.09. The molecule has 2 aromatic carbocycles. The molecule has 1 unspecified atom stereocenters. The Morgan fingerprint density at radius 3 is 2.42 bits per heavy atom. The minimum atomic E-state index is 0.112. The Balaban J connectivity index is 2.59. The zero-order chi connectivity index (χ0) is 13.8. The molecule has 98 valence electrons. The molecule has 0 aliphatic rings. The van der Waals surface area contributed by atoms with Gasteiger partial charge in [-0.2, -0.15) is 0 Å². The fourth-order valence-corrected chi connectivity index (χ4v) is 2.55. The lowest BCUT2D eigenvalue weighted by atomic mass is 9.85. The number of hydrogen-bond acceptors (Lipinski definition) is 2. The summed E-state index contributed by atoms with van der Waals surface area (Å²) < 4.78 is 0. The first-order chi connectivity index (χ1) is 9.19. The van der Waals surface area contributed by atoms with Crippen molar-refractivity contribution in [2.45, 2.75) is 26.2 Å². The third-order valence-electron chi connectivity index (χ3n) is 3.55. The summed E-state index contributed by atoms with van der Waals surface area (Å²) >= 11 is 0. The number of phenolic OH excluding ortho intramolecular Hbond substituents is 1. The Morgan fingerprint density at radius 1 is 1.16 bits per heavy atom. The molecule has 2 heteroatoms. The molecule has 19 heavy (non-hydrogen) atoms. The van der Waals surface area contributed by atoms with Gasteiger partial charge in [0.05, 0.1) is 5.56 Å². The van der Waals surface area contributed by atoms with Gasteiger partial charge in [0.25, 0.3) is 0 Å². The number of phenols is 1. The molecule has 0 heterocycles. The maximum absolute atomic E-state index is 11.0. The van der Waals surface area contributed by atoms with Crippen LogP contribution in [0.2, 0.25) is 0 Å². The van der Waals surface area contributed by atoms with Gasteiger partial charge in [0.15, 0.2) is 6.29 Å². The first kappa shape index (κ1) is 13.3. The van der Waals surface area contributed by atoms with Crippen molar-refractivity contribution in [3.05, 3.63) is 64.7 Å². The second-order valence-electron chi connectivity index (χ2n) is 4.72. The fraction of sp³-hybridized carbons (Fsp3) is 0.235. The minimum Gasteiger partial charge on any atom is -0.507 e. The maximum atomic E-state index is 11.0. The van der Waals surface area contributed by atoms with Crippen LogP contribution in [0.1, 0.15) is 46.3 Å². The highest BCUT2D eigenvalue weighted by Crippen LogP contribution is 2.37. The van der Waals surface area contributed by atoms with Crippen LogP contribution >= 0.6 is 0 Å². The molecule has 0 bridgehead atoms. The summed E-state index contributed by atoms with van der Waals surface area (Å²) in [5, 5.41) is 10.3. The van der Waals surface area contributed by atoms with Crippen molar-refractivity contribution in [2.24, 2.45) is 0 Å². The van der Waals surface area contributed by atoms with Crippen molar-refractivity contribution in [1.29, 1.82) is 0 Å². The van der Waals surface area contributed by atoms with Gasteiger partial charge in [-0.05, 0) is 30.5 Å². The van der Waals surface area contributed by atoms with Crippen LogP contribution in [0.25, 0.3) is 0 Å². The maximum Gasteiger partial charge on any atom is 0.153 e. The van der Waals surface area contributed by atoms with Crippen LogP contribution in [0.5, 0.6) is 5.75 Å². The van der Waals surface area contributed by atoms with E-state index in [1.54, 1.807) is 6.07 Å². The van der Waals surface area contributed by atoms with Crippen LogP contribution in [-0.2, 0) is 0 Å². The van der Waals surface area contributed by atoms with E-state index in [0.29, 0.717) is 11.8 Å². The van der Waals surface area contributed by atoms with Gasteiger partial charge in [0.2, 0.25) is 0 Å². The van der Waals surface area contributed by atoms with Gasteiger partial charge in [-0.1, -0.05) is 43.3 Å². The van der Waals surface area contributed by atoms with Crippen molar-refractivity contribution in [3.63, 3.8) is 0 Å². The van der Waals surface area contributed by atoms with Gasteiger partial charge >= 0.3 is 0 Å². The molecule has 0 saturated carbocycles. The standard InChI is InChI=1S/C17H18O2/c1-3-15(13-7-5-4-6-8-13)16-12(2)9-10-14(11-18)17(16)19/h4-11,15,19H,3H2,1-2H3. The van der Waals surface area contributed by atoms with Crippen LogP contribution < -0.4 is 0 Å². The second-order valence-corrected chi connectivity index (χ2v) is 4.72. The summed E-state index contributed by atoms with van der Waals surface area (Å²) in [4.78, 5) is 11.0. The van der Waals surface area contributed by atoms with Crippen molar-refractivity contribution < 1.29 is 9.90 Å². The Kier molecular flexibility index (Phi) is 4.00. The van der Waals surface area contributed by atoms with Crippen molar-refractivity contribution in [2.75, 3.05) is 0 Å². The zero-order valence-corrected chi connectivity index (χ0v) is 11.3. The molecule has 2 aromatic rings. The molecule has 0 amide bonds.